The van der Waals surface area contributed by atoms with Gasteiger partial charge in [-0.2, -0.15) is 70.2 Å². The number of alkyl halides is 18. The van der Waals surface area contributed by atoms with E-state index in [1.54, 1.807) is 22.6 Å². The van der Waals surface area contributed by atoms with Gasteiger partial charge >= 0.3 is 36.6 Å². The van der Waals surface area contributed by atoms with Crippen LogP contribution < -0.4 is 0 Å². The SMILES string of the molecule is C=C(Br)C(F)(F)C(F)(F)F.C=C(Cl)C(F)(F)C(F)(F)F.C=CC(F)(I)C(F)(F)F.FC(F)(F)CC=CI. The number of hydrogen-bond acceptors (Lipinski definition) is 0. The van der Waals surface area contributed by atoms with E-state index in [2.05, 4.69) is 31.3 Å². The maximum atomic E-state index is 12.1. The lowest BCUT2D eigenvalue weighted by Gasteiger charge is -2.17. The molecular weight excluding hydrogens is 884 g/mol. The molecule has 0 saturated carbocycles. The van der Waals surface area contributed by atoms with Crippen LogP contribution >= 0.6 is 72.7 Å². The molecular formula is C16H11BrClF17I2. The van der Waals surface area contributed by atoms with Gasteiger partial charge in [-0.3, -0.25) is 0 Å². The molecule has 0 radical (unpaired) electrons. The third-order valence-corrected chi connectivity index (χ3v) is 4.76. The molecule has 0 aliphatic heterocycles. The Morgan fingerprint density at radius 1 is 0.703 bits per heavy atom. The van der Waals surface area contributed by atoms with Crippen molar-refractivity contribution < 1.29 is 74.6 Å². The van der Waals surface area contributed by atoms with Gasteiger partial charge in [0.2, 0.25) is 0 Å². The normalized spacial score (nSPS) is 14.6. The van der Waals surface area contributed by atoms with Crippen molar-refractivity contribution in [1.82, 2.24) is 0 Å². The van der Waals surface area contributed by atoms with Gasteiger partial charge in [0.15, 0.2) is 0 Å². The lowest BCUT2D eigenvalue weighted by molar-refractivity contribution is -0.261. The smallest absolute Gasteiger partial charge is 0.218 e. The average Bonchev–Trinajstić information content (AvgIpc) is 2.64. The van der Waals surface area contributed by atoms with Crippen molar-refractivity contribution in [2.24, 2.45) is 0 Å². The van der Waals surface area contributed by atoms with Gasteiger partial charge in [-0.15, -0.1) is 0 Å². The summed E-state index contributed by atoms with van der Waals surface area (Å²) in [6.07, 6.45) is -19.6. The topological polar surface area (TPSA) is 0 Å². The fraction of sp³-hybridized carbons (Fsp3) is 0.500. The zero-order valence-corrected chi connectivity index (χ0v) is 23.7. The van der Waals surface area contributed by atoms with Crippen molar-refractivity contribution in [3.05, 3.63) is 45.5 Å². The number of rotatable bonds is 4. The molecule has 222 valence electrons. The predicted molar refractivity (Wildman–Crippen MR) is 123 cm³/mol. The number of allylic oxidation sites excluding steroid dienone is 4. The molecule has 0 bridgehead atoms. The van der Waals surface area contributed by atoms with Crippen LogP contribution in [0.3, 0.4) is 0 Å². The quantitative estimate of drug-likeness (QED) is 0.114. The summed E-state index contributed by atoms with van der Waals surface area (Å²) in [7, 11) is 0. The van der Waals surface area contributed by atoms with Crippen molar-refractivity contribution in [2.45, 2.75) is 46.6 Å². The Balaban J connectivity index is -0.000000197. The lowest BCUT2D eigenvalue weighted by atomic mass is 10.3. The molecule has 0 aliphatic rings. The maximum Gasteiger partial charge on any atom is 0.458 e. The van der Waals surface area contributed by atoms with Crippen LogP contribution in [0.25, 0.3) is 0 Å². The third-order valence-electron chi connectivity index (χ3n) is 2.47. The van der Waals surface area contributed by atoms with Crippen LogP contribution in [0, 0.1) is 0 Å². The fourth-order valence-corrected chi connectivity index (χ4v) is 1.19. The van der Waals surface area contributed by atoms with E-state index in [4.69, 9.17) is 0 Å². The number of hydrogen-bond donors (Lipinski definition) is 0. The minimum Gasteiger partial charge on any atom is -0.218 e. The van der Waals surface area contributed by atoms with E-state index in [1.165, 1.54) is 4.08 Å². The first-order chi connectivity index (χ1) is 15.8. The van der Waals surface area contributed by atoms with Gasteiger partial charge in [0.1, 0.15) is 0 Å². The summed E-state index contributed by atoms with van der Waals surface area (Å²) in [6, 6.07) is 0. The Morgan fingerprint density at radius 3 is 1.05 bits per heavy atom. The summed E-state index contributed by atoms with van der Waals surface area (Å²) in [5.41, 5.74) is 0. The molecule has 1 unspecified atom stereocenters. The highest BCUT2D eigenvalue weighted by Crippen LogP contribution is 2.43. The summed E-state index contributed by atoms with van der Waals surface area (Å²) in [5, 5.41) is -1.72. The average molecular weight is 895 g/mol. The van der Waals surface area contributed by atoms with E-state index >= 15 is 0 Å². The van der Waals surface area contributed by atoms with Crippen molar-refractivity contribution in [2.75, 3.05) is 0 Å². The Labute approximate surface area is 238 Å². The molecule has 0 aromatic carbocycles. The second kappa shape index (κ2) is 16.3. The maximum absolute atomic E-state index is 12.1. The van der Waals surface area contributed by atoms with Gasteiger partial charge in [-0.1, -0.05) is 60.0 Å². The summed E-state index contributed by atoms with van der Waals surface area (Å²) < 4.78 is 191. The monoisotopic (exact) mass is 894 g/mol. The van der Waals surface area contributed by atoms with E-state index < -0.39 is 56.2 Å². The molecule has 0 aromatic rings. The zero-order chi connectivity index (χ0) is 31.5. The summed E-state index contributed by atoms with van der Waals surface area (Å²) >= 11 is 8.74. The predicted octanol–water partition coefficient (Wildman–Crippen LogP) is 11.8. The van der Waals surface area contributed by atoms with Gasteiger partial charge in [0, 0.05) is 0 Å². The van der Waals surface area contributed by atoms with Crippen LogP contribution in [0.15, 0.2) is 45.5 Å². The first kappa shape index (κ1) is 44.0. The number of halogens is 21. The Hall–Kier alpha value is -0.000000000000000111. The van der Waals surface area contributed by atoms with Crippen molar-refractivity contribution in [3.63, 3.8) is 0 Å². The molecule has 0 aromatic heterocycles. The van der Waals surface area contributed by atoms with Crippen molar-refractivity contribution in [3.8, 4) is 0 Å². The molecule has 0 amide bonds. The molecule has 0 fully saturated rings. The second-order valence-electron chi connectivity index (χ2n) is 5.46. The molecule has 0 heterocycles. The van der Waals surface area contributed by atoms with Gasteiger partial charge < -0.3 is 0 Å². The van der Waals surface area contributed by atoms with Crippen molar-refractivity contribution in [1.29, 1.82) is 0 Å². The Morgan fingerprint density at radius 2 is 1.03 bits per heavy atom. The Bertz CT molecular complexity index is 710. The van der Waals surface area contributed by atoms with Crippen LogP contribution in [0.1, 0.15) is 6.42 Å². The highest BCUT2D eigenvalue weighted by Gasteiger charge is 2.59. The minimum atomic E-state index is -5.65. The second-order valence-corrected chi connectivity index (χ2v) is 9.16. The Kier molecular flexibility index (Phi) is 19.4. The van der Waals surface area contributed by atoms with E-state index in [0.717, 1.165) is 6.08 Å². The molecule has 1 atom stereocenters. The zero-order valence-electron chi connectivity index (χ0n) is 17.0. The van der Waals surface area contributed by atoms with Crippen LogP contribution in [0.2, 0.25) is 0 Å². The van der Waals surface area contributed by atoms with Gasteiger partial charge in [-0.05, 0) is 48.7 Å². The first-order valence-corrected chi connectivity index (χ1v) is 11.2. The lowest BCUT2D eigenvalue weighted by Crippen LogP contribution is -2.36. The van der Waals surface area contributed by atoms with Crippen LogP contribution in [0.4, 0.5) is 74.6 Å². The van der Waals surface area contributed by atoms with Crippen LogP contribution in [0.5, 0.6) is 0 Å². The highest BCUT2D eigenvalue weighted by atomic mass is 127. The summed E-state index contributed by atoms with van der Waals surface area (Å²) in [4.78, 5) is 0. The molecule has 37 heavy (non-hydrogen) atoms. The highest BCUT2D eigenvalue weighted by molar-refractivity contribution is 14.1. The third kappa shape index (κ3) is 18.8. The first-order valence-electron chi connectivity index (χ1n) is 7.75. The largest absolute Gasteiger partial charge is 0.458 e. The molecule has 0 N–H and O–H groups in total. The fourth-order valence-electron chi connectivity index (χ4n) is 0.601. The summed E-state index contributed by atoms with van der Waals surface area (Å²) in [6.45, 7) is 7.42. The molecule has 0 nitrogen and oxygen atoms in total. The van der Waals surface area contributed by atoms with Crippen LogP contribution in [-0.2, 0) is 0 Å². The van der Waals surface area contributed by atoms with Gasteiger partial charge in [0.25, 0.3) is 3.68 Å². The van der Waals surface area contributed by atoms with E-state index in [-0.39, 0.29) is 6.08 Å². The molecule has 0 spiro atoms. The van der Waals surface area contributed by atoms with E-state index in [1.807, 2.05) is 15.9 Å². The standard InChI is InChI=1S/C4H2BrF5.C4H2ClF5.C4H3F4I.C4H4F3I/c2*1-2(5)3(6,7)4(8,9)10;1-2-3(5,9)4(6,7)8;5-4(6,7)2-1-3-8/h2*1H2;2H,1H2;1,3H,2H2. The van der Waals surface area contributed by atoms with Crippen LogP contribution in [-0.4, -0.2) is 40.2 Å². The molecule has 21 heteroatoms. The van der Waals surface area contributed by atoms with Gasteiger partial charge in [0.05, 0.1) is 15.9 Å². The van der Waals surface area contributed by atoms with E-state index in [0.29, 0.717) is 22.6 Å². The van der Waals surface area contributed by atoms with Gasteiger partial charge in [-0.25, -0.2) is 4.39 Å². The van der Waals surface area contributed by atoms with E-state index in [9.17, 15) is 74.6 Å². The molecule has 0 rings (SSSR count). The molecule has 0 aliphatic carbocycles. The minimum absolute atomic E-state index is 0.216. The molecule has 0 saturated heterocycles. The summed E-state index contributed by atoms with van der Waals surface area (Å²) in [5.74, 6) is -9.83. The van der Waals surface area contributed by atoms with Crippen molar-refractivity contribution >= 4 is 72.7 Å².